The Labute approximate surface area is 92.8 Å². The highest BCUT2D eigenvalue weighted by molar-refractivity contribution is 5.85. The summed E-state index contributed by atoms with van der Waals surface area (Å²) < 4.78 is 32.1. The minimum atomic E-state index is -4.86. The lowest BCUT2D eigenvalue weighted by molar-refractivity contribution is -0.169. The zero-order valence-electron chi connectivity index (χ0n) is 8.32. The van der Waals surface area contributed by atoms with Crippen molar-refractivity contribution >= 4 is 22.6 Å². The monoisotopic (exact) mass is 247 g/mol. The topological polar surface area (TPSA) is 111 Å². The van der Waals surface area contributed by atoms with Crippen LogP contribution in [0.15, 0.2) is 18.2 Å². The van der Waals surface area contributed by atoms with E-state index in [4.69, 9.17) is 10.5 Å². The molecule has 0 saturated heterocycles. The molecule has 0 aliphatic heterocycles. The summed E-state index contributed by atoms with van der Waals surface area (Å²) >= 11 is 0. The molecule has 1 amide bonds. The molecule has 2 rings (SSSR count). The van der Waals surface area contributed by atoms with Crippen LogP contribution in [0.3, 0.4) is 0 Å². The molecule has 0 aliphatic carbocycles. The molecule has 0 unspecified atom stereocenters. The van der Waals surface area contributed by atoms with Gasteiger partial charge in [-0.25, -0.2) is 0 Å². The number of benzene rings is 1. The van der Waals surface area contributed by atoms with Crippen molar-refractivity contribution in [2.75, 3.05) is 5.73 Å². The van der Waals surface area contributed by atoms with Crippen LogP contribution in [0.2, 0.25) is 0 Å². The summed E-state index contributed by atoms with van der Waals surface area (Å²) in [6.45, 7) is 0. The second kappa shape index (κ2) is 4.68. The van der Waals surface area contributed by atoms with E-state index in [1.165, 1.54) is 0 Å². The van der Waals surface area contributed by atoms with Gasteiger partial charge in [0.2, 0.25) is 0 Å². The average Bonchev–Trinajstić information content (AvgIpc) is 2.66. The highest BCUT2D eigenvalue weighted by Crippen LogP contribution is 2.14. The third-order valence-electron chi connectivity index (χ3n) is 1.66. The largest absolute Gasteiger partial charge is 0.470 e. The number of nitrogen functional groups attached to an aromatic ring is 1. The van der Waals surface area contributed by atoms with Crippen LogP contribution in [0.25, 0.3) is 11.0 Å². The van der Waals surface area contributed by atoms with Crippen molar-refractivity contribution in [3.05, 3.63) is 18.2 Å². The Morgan fingerprint density at radius 2 is 1.88 bits per heavy atom. The van der Waals surface area contributed by atoms with Crippen molar-refractivity contribution in [1.82, 2.24) is 15.4 Å². The summed E-state index contributed by atoms with van der Waals surface area (Å²) in [5.41, 5.74) is 11.6. The number of alkyl halides is 3. The Morgan fingerprint density at radius 1 is 1.29 bits per heavy atom. The van der Waals surface area contributed by atoms with Gasteiger partial charge >= 0.3 is 12.1 Å². The molecule has 17 heavy (non-hydrogen) atoms. The quantitative estimate of drug-likeness (QED) is 0.591. The minimum absolute atomic E-state index is 0.659. The van der Waals surface area contributed by atoms with Crippen molar-refractivity contribution in [2.45, 2.75) is 6.18 Å². The van der Waals surface area contributed by atoms with Gasteiger partial charge in [-0.15, -0.1) is 0 Å². The fraction of sp³-hybridized carbons (Fsp3) is 0.125. The van der Waals surface area contributed by atoms with Crippen molar-refractivity contribution in [2.24, 2.45) is 5.73 Å². The Hall–Kier alpha value is -2.32. The molecule has 0 fully saturated rings. The van der Waals surface area contributed by atoms with Crippen LogP contribution in [0.1, 0.15) is 0 Å². The van der Waals surface area contributed by atoms with E-state index in [2.05, 4.69) is 21.1 Å². The lowest BCUT2D eigenvalue weighted by Gasteiger charge is -1.95. The first-order chi connectivity index (χ1) is 7.82. The molecule has 1 aromatic heterocycles. The number of nitrogens with two attached hydrogens (primary N) is 2. The van der Waals surface area contributed by atoms with E-state index in [1.54, 1.807) is 6.07 Å². The van der Waals surface area contributed by atoms with Crippen molar-refractivity contribution in [3.63, 3.8) is 0 Å². The van der Waals surface area contributed by atoms with Crippen LogP contribution >= 0.6 is 0 Å². The molecule has 92 valence electrons. The summed E-state index contributed by atoms with van der Waals surface area (Å²) in [5.74, 6) is -2.26. The zero-order valence-corrected chi connectivity index (χ0v) is 8.32. The lowest BCUT2D eigenvalue weighted by Crippen LogP contribution is -2.30. The summed E-state index contributed by atoms with van der Waals surface area (Å²) in [5, 5.41) is 10.2. The number of amides is 1. The van der Waals surface area contributed by atoms with E-state index < -0.39 is 12.1 Å². The fourth-order valence-electron chi connectivity index (χ4n) is 0.890. The lowest BCUT2D eigenvalue weighted by atomic mass is 10.3. The number of primary amides is 1. The number of carbonyl (C=O) groups is 1. The van der Waals surface area contributed by atoms with Crippen LogP contribution in [-0.2, 0) is 4.79 Å². The number of carbonyl (C=O) groups excluding carboxylic acids is 1. The second-order valence-electron chi connectivity index (χ2n) is 2.90. The maximum Gasteiger partial charge on any atom is 0.470 e. The molecule has 0 bridgehead atoms. The molecule has 9 heteroatoms. The van der Waals surface area contributed by atoms with Gasteiger partial charge in [-0.1, -0.05) is 6.07 Å². The minimum Gasteiger partial charge on any atom is -0.397 e. The number of aromatic amines is 1. The molecule has 0 saturated carbocycles. The number of aromatic nitrogens is 3. The standard InChI is InChI=1S/C6H6N4.C2H2F3NO/c7-4-2-1-3-5-6(4)9-10-8-5;3-2(4,5)1(6)7/h1-3H,7H2,(H,8,9,10);(H2,6,7). The van der Waals surface area contributed by atoms with E-state index in [0.29, 0.717) is 5.69 Å². The maximum atomic E-state index is 10.7. The van der Waals surface area contributed by atoms with Gasteiger partial charge < -0.3 is 11.5 Å². The number of hydrogen-bond acceptors (Lipinski definition) is 4. The second-order valence-corrected chi connectivity index (χ2v) is 2.90. The van der Waals surface area contributed by atoms with E-state index in [1.807, 2.05) is 12.1 Å². The molecule has 1 aromatic carbocycles. The maximum absolute atomic E-state index is 10.7. The van der Waals surface area contributed by atoms with Crippen molar-refractivity contribution in [3.8, 4) is 0 Å². The molecule has 0 spiro atoms. The van der Waals surface area contributed by atoms with Gasteiger partial charge in [0.15, 0.2) is 0 Å². The molecular weight excluding hydrogens is 239 g/mol. The third-order valence-corrected chi connectivity index (χ3v) is 1.66. The third kappa shape index (κ3) is 3.33. The average molecular weight is 247 g/mol. The summed E-state index contributed by atoms with van der Waals surface area (Å²) in [7, 11) is 0. The van der Waals surface area contributed by atoms with E-state index in [9.17, 15) is 13.2 Å². The first kappa shape index (κ1) is 12.7. The number of rotatable bonds is 0. The molecule has 6 nitrogen and oxygen atoms in total. The van der Waals surface area contributed by atoms with E-state index in [-0.39, 0.29) is 0 Å². The summed E-state index contributed by atoms with van der Waals surface area (Å²) in [6, 6.07) is 5.50. The van der Waals surface area contributed by atoms with Gasteiger partial charge in [-0.05, 0) is 12.1 Å². The normalized spacial score (nSPS) is 10.8. The molecule has 2 aromatic rings. The van der Waals surface area contributed by atoms with Gasteiger partial charge in [-0.3, -0.25) is 4.79 Å². The van der Waals surface area contributed by atoms with Gasteiger partial charge in [0, 0.05) is 0 Å². The molecule has 0 radical (unpaired) electrons. The number of fused-ring (bicyclic) bond motifs is 1. The number of para-hydroxylation sites is 1. The van der Waals surface area contributed by atoms with Crippen LogP contribution in [0.4, 0.5) is 18.9 Å². The number of nitrogens with zero attached hydrogens (tertiary/aromatic N) is 2. The molecule has 0 aliphatic rings. The van der Waals surface area contributed by atoms with E-state index >= 15 is 0 Å². The number of halogens is 3. The predicted octanol–water partition coefficient (Wildman–Crippen LogP) is 0.574. The smallest absolute Gasteiger partial charge is 0.397 e. The predicted molar refractivity (Wildman–Crippen MR) is 53.6 cm³/mol. The van der Waals surface area contributed by atoms with Crippen LogP contribution in [0.5, 0.6) is 0 Å². The Morgan fingerprint density at radius 3 is 2.35 bits per heavy atom. The zero-order chi connectivity index (χ0) is 13.1. The summed E-state index contributed by atoms with van der Waals surface area (Å²) in [4.78, 5) is 9.12. The van der Waals surface area contributed by atoms with E-state index in [0.717, 1.165) is 11.0 Å². The Bertz CT molecular complexity index is 521. The first-order valence-electron chi connectivity index (χ1n) is 4.24. The van der Waals surface area contributed by atoms with Gasteiger partial charge in [0.1, 0.15) is 11.0 Å². The van der Waals surface area contributed by atoms with Crippen molar-refractivity contribution in [1.29, 1.82) is 0 Å². The first-order valence-corrected chi connectivity index (χ1v) is 4.24. The Kier molecular flexibility index (Phi) is 3.51. The SMILES string of the molecule is NC(=O)C(F)(F)F.Nc1cccc2n[nH]nc12. The molecular formula is C8H8F3N5O. The van der Waals surface area contributed by atoms with Crippen LogP contribution < -0.4 is 11.5 Å². The van der Waals surface area contributed by atoms with Crippen molar-refractivity contribution < 1.29 is 18.0 Å². The van der Waals surface area contributed by atoms with Gasteiger partial charge in [0.05, 0.1) is 5.69 Å². The molecule has 1 heterocycles. The summed E-state index contributed by atoms with van der Waals surface area (Å²) in [6.07, 6.45) is -4.86. The van der Waals surface area contributed by atoms with Crippen LogP contribution in [-0.4, -0.2) is 27.5 Å². The van der Waals surface area contributed by atoms with Crippen LogP contribution in [0, 0.1) is 0 Å². The highest BCUT2D eigenvalue weighted by atomic mass is 19.4. The van der Waals surface area contributed by atoms with Gasteiger partial charge in [-0.2, -0.15) is 28.6 Å². The highest BCUT2D eigenvalue weighted by Gasteiger charge is 2.35. The molecule has 0 atom stereocenters. The fourth-order valence-corrected chi connectivity index (χ4v) is 0.890. The number of nitrogens with one attached hydrogen (secondary N) is 1. The van der Waals surface area contributed by atoms with Gasteiger partial charge in [0.25, 0.3) is 0 Å². The number of anilines is 1. The number of H-pyrrole nitrogens is 1. The Balaban J connectivity index is 0.000000185. The molecule has 5 N–H and O–H groups in total. The number of hydrogen-bond donors (Lipinski definition) is 3.